The number of hydrogen-bond donors (Lipinski definition) is 1. The van der Waals surface area contributed by atoms with Crippen molar-refractivity contribution in [2.24, 2.45) is 5.92 Å². The molecule has 6 heteroatoms. The van der Waals surface area contributed by atoms with Crippen LogP contribution in [0.4, 0.5) is 5.82 Å². The van der Waals surface area contributed by atoms with E-state index in [4.69, 9.17) is 16.6 Å². The van der Waals surface area contributed by atoms with Crippen molar-refractivity contribution in [3.8, 4) is 0 Å². The molecular formula is C25H31ClN4O. The van der Waals surface area contributed by atoms with Crippen LogP contribution in [0, 0.1) is 5.92 Å². The zero-order chi connectivity index (χ0) is 22.4. The van der Waals surface area contributed by atoms with E-state index in [0.29, 0.717) is 23.9 Å². The standard InChI is InChI=1S/C25H31ClN4O/c1-5-23-28-22-15-20(26)11-12-21(22)25(29-23)30(16-17(2)3)14-13-24(31)27-18(4)19-9-7-6-8-10-19/h6-12,15,17-18H,5,13-14,16H2,1-4H3,(H,27,31). The maximum Gasteiger partial charge on any atom is 0.222 e. The van der Waals surface area contributed by atoms with Crippen LogP contribution in [0.2, 0.25) is 5.02 Å². The molecule has 5 nitrogen and oxygen atoms in total. The van der Waals surface area contributed by atoms with Crippen LogP contribution < -0.4 is 10.2 Å². The van der Waals surface area contributed by atoms with Crippen molar-refractivity contribution in [1.82, 2.24) is 15.3 Å². The summed E-state index contributed by atoms with van der Waals surface area (Å²) in [5, 5.41) is 4.72. The predicted octanol–water partition coefficient (Wildman–Crippen LogP) is 5.58. The van der Waals surface area contributed by atoms with Gasteiger partial charge in [-0.3, -0.25) is 4.79 Å². The van der Waals surface area contributed by atoms with Crippen LogP contribution in [0.3, 0.4) is 0 Å². The van der Waals surface area contributed by atoms with Crippen LogP contribution in [0.15, 0.2) is 48.5 Å². The molecule has 1 amide bonds. The van der Waals surface area contributed by atoms with E-state index < -0.39 is 0 Å². The number of aromatic nitrogens is 2. The fourth-order valence-corrected chi connectivity index (χ4v) is 3.80. The summed E-state index contributed by atoms with van der Waals surface area (Å²) in [5.41, 5.74) is 1.94. The van der Waals surface area contributed by atoms with Gasteiger partial charge in [-0.2, -0.15) is 0 Å². The Labute approximate surface area is 189 Å². The number of carbonyl (C=O) groups excluding carboxylic acids is 1. The molecule has 0 radical (unpaired) electrons. The topological polar surface area (TPSA) is 58.1 Å². The quantitative estimate of drug-likeness (QED) is 0.474. The average molecular weight is 439 g/mol. The first-order valence-corrected chi connectivity index (χ1v) is 11.3. The lowest BCUT2D eigenvalue weighted by Crippen LogP contribution is -2.34. The van der Waals surface area contributed by atoms with Gasteiger partial charge in [-0.25, -0.2) is 9.97 Å². The highest BCUT2D eigenvalue weighted by atomic mass is 35.5. The molecule has 1 unspecified atom stereocenters. The smallest absolute Gasteiger partial charge is 0.222 e. The van der Waals surface area contributed by atoms with E-state index >= 15 is 0 Å². The number of anilines is 1. The summed E-state index contributed by atoms with van der Waals surface area (Å²) in [4.78, 5) is 24.4. The number of hydrogen-bond acceptors (Lipinski definition) is 4. The van der Waals surface area contributed by atoms with Gasteiger partial charge in [0.1, 0.15) is 11.6 Å². The molecular weight excluding hydrogens is 408 g/mol. The Morgan fingerprint density at radius 3 is 2.52 bits per heavy atom. The molecule has 164 valence electrons. The first-order chi connectivity index (χ1) is 14.9. The largest absolute Gasteiger partial charge is 0.355 e. The second kappa shape index (κ2) is 10.6. The van der Waals surface area contributed by atoms with E-state index in [0.717, 1.165) is 41.1 Å². The Kier molecular flexibility index (Phi) is 7.85. The molecule has 0 saturated heterocycles. The molecule has 0 bridgehead atoms. The Balaban J connectivity index is 1.80. The minimum Gasteiger partial charge on any atom is -0.355 e. The highest BCUT2D eigenvalue weighted by molar-refractivity contribution is 6.31. The zero-order valence-electron chi connectivity index (χ0n) is 18.7. The number of nitrogens with zero attached hydrogens (tertiary/aromatic N) is 3. The van der Waals surface area contributed by atoms with Gasteiger partial charge < -0.3 is 10.2 Å². The van der Waals surface area contributed by atoms with Crippen LogP contribution in [-0.4, -0.2) is 29.0 Å². The lowest BCUT2D eigenvalue weighted by atomic mass is 10.1. The molecule has 2 aromatic carbocycles. The summed E-state index contributed by atoms with van der Waals surface area (Å²) >= 11 is 6.21. The lowest BCUT2D eigenvalue weighted by molar-refractivity contribution is -0.121. The van der Waals surface area contributed by atoms with Crippen molar-refractivity contribution in [1.29, 1.82) is 0 Å². The number of rotatable bonds is 9. The van der Waals surface area contributed by atoms with Gasteiger partial charge >= 0.3 is 0 Å². The molecule has 0 aliphatic carbocycles. The van der Waals surface area contributed by atoms with Gasteiger partial charge in [0.25, 0.3) is 0 Å². The minimum absolute atomic E-state index is 0.0269. The zero-order valence-corrected chi connectivity index (χ0v) is 19.5. The first kappa shape index (κ1) is 23.0. The van der Waals surface area contributed by atoms with Crippen LogP contribution in [0.5, 0.6) is 0 Å². The van der Waals surface area contributed by atoms with Crippen molar-refractivity contribution in [3.05, 3.63) is 64.9 Å². The van der Waals surface area contributed by atoms with Crippen LogP contribution in [0.25, 0.3) is 10.9 Å². The summed E-state index contributed by atoms with van der Waals surface area (Å²) in [6.07, 6.45) is 1.13. The second-order valence-corrected chi connectivity index (χ2v) is 8.70. The Morgan fingerprint density at radius 1 is 1.10 bits per heavy atom. The van der Waals surface area contributed by atoms with Gasteiger partial charge in [0.15, 0.2) is 0 Å². The molecule has 3 rings (SSSR count). The average Bonchev–Trinajstić information content (AvgIpc) is 2.75. The third-order valence-electron chi connectivity index (χ3n) is 5.17. The van der Waals surface area contributed by atoms with Gasteiger partial charge in [-0.1, -0.05) is 62.7 Å². The molecule has 1 N–H and O–H groups in total. The molecule has 31 heavy (non-hydrogen) atoms. The minimum atomic E-state index is -0.0269. The van der Waals surface area contributed by atoms with E-state index in [1.165, 1.54) is 0 Å². The van der Waals surface area contributed by atoms with Gasteiger partial charge in [0, 0.05) is 36.3 Å². The lowest BCUT2D eigenvalue weighted by Gasteiger charge is -2.27. The van der Waals surface area contributed by atoms with E-state index in [-0.39, 0.29) is 11.9 Å². The predicted molar refractivity (Wildman–Crippen MR) is 129 cm³/mol. The number of amides is 1. The maximum atomic E-state index is 12.7. The monoisotopic (exact) mass is 438 g/mol. The normalized spacial score (nSPS) is 12.2. The van der Waals surface area contributed by atoms with Gasteiger partial charge in [0.2, 0.25) is 5.91 Å². The third kappa shape index (κ3) is 6.17. The summed E-state index contributed by atoms with van der Waals surface area (Å²) in [6.45, 7) is 9.79. The number of nitrogens with one attached hydrogen (secondary N) is 1. The van der Waals surface area contributed by atoms with E-state index in [2.05, 4.69) is 29.0 Å². The SMILES string of the molecule is CCc1nc(N(CCC(=O)NC(C)c2ccccc2)CC(C)C)c2ccc(Cl)cc2n1. The first-order valence-electron chi connectivity index (χ1n) is 10.9. The van der Waals surface area contributed by atoms with E-state index in [1.807, 2.05) is 62.4 Å². The summed E-state index contributed by atoms with van der Waals surface area (Å²) < 4.78 is 0. The molecule has 1 heterocycles. The van der Waals surface area contributed by atoms with Crippen molar-refractivity contribution < 1.29 is 4.79 Å². The summed E-state index contributed by atoms with van der Waals surface area (Å²) in [6, 6.07) is 15.7. The molecule has 1 atom stereocenters. The van der Waals surface area contributed by atoms with Crippen molar-refractivity contribution in [2.75, 3.05) is 18.0 Å². The Hall–Kier alpha value is -2.66. The fourth-order valence-electron chi connectivity index (χ4n) is 3.63. The number of carbonyl (C=O) groups is 1. The highest BCUT2D eigenvalue weighted by Crippen LogP contribution is 2.27. The third-order valence-corrected chi connectivity index (χ3v) is 5.41. The second-order valence-electron chi connectivity index (χ2n) is 8.27. The van der Waals surface area contributed by atoms with Gasteiger partial charge in [0.05, 0.1) is 11.6 Å². The molecule has 0 spiro atoms. The molecule has 1 aromatic heterocycles. The molecule has 0 saturated carbocycles. The molecule has 0 aliphatic heterocycles. The Morgan fingerprint density at radius 2 is 1.84 bits per heavy atom. The number of fused-ring (bicyclic) bond motifs is 1. The summed E-state index contributed by atoms with van der Waals surface area (Å²) in [7, 11) is 0. The van der Waals surface area contributed by atoms with Crippen molar-refractivity contribution >= 4 is 34.2 Å². The maximum absolute atomic E-state index is 12.7. The number of benzene rings is 2. The van der Waals surface area contributed by atoms with Crippen molar-refractivity contribution in [2.45, 2.75) is 46.6 Å². The van der Waals surface area contributed by atoms with Crippen molar-refractivity contribution in [3.63, 3.8) is 0 Å². The van der Waals surface area contributed by atoms with Gasteiger partial charge in [-0.15, -0.1) is 0 Å². The Bertz CT molecular complexity index is 1020. The molecule has 0 fully saturated rings. The van der Waals surface area contributed by atoms with Crippen LogP contribution in [0.1, 0.15) is 51.5 Å². The van der Waals surface area contributed by atoms with Crippen LogP contribution >= 0.6 is 11.6 Å². The van der Waals surface area contributed by atoms with E-state index in [1.54, 1.807) is 0 Å². The fraction of sp³-hybridized carbons (Fsp3) is 0.400. The highest BCUT2D eigenvalue weighted by Gasteiger charge is 2.18. The number of halogens is 1. The van der Waals surface area contributed by atoms with E-state index in [9.17, 15) is 4.79 Å². The number of aryl methyl sites for hydroxylation is 1. The molecule has 0 aliphatic rings. The van der Waals surface area contributed by atoms with Gasteiger partial charge in [-0.05, 0) is 36.6 Å². The summed E-state index contributed by atoms with van der Waals surface area (Å²) in [5.74, 6) is 2.10. The molecule has 3 aromatic rings. The van der Waals surface area contributed by atoms with Crippen LogP contribution in [-0.2, 0) is 11.2 Å².